The van der Waals surface area contributed by atoms with Crippen molar-refractivity contribution in [3.05, 3.63) is 34.2 Å². The van der Waals surface area contributed by atoms with Gasteiger partial charge in [0.15, 0.2) is 0 Å². The zero-order valence-corrected chi connectivity index (χ0v) is 8.85. The lowest BCUT2D eigenvalue weighted by Gasteiger charge is -1.98. The van der Waals surface area contributed by atoms with Crippen LogP contribution in [0, 0.1) is 0 Å². The molecule has 2 rings (SSSR count). The second-order valence-electron chi connectivity index (χ2n) is 2.76. The molecule has 0 unspecified atom stereocenters. The van der Waals surface area contributed by atoms with Gasteiger partial charge in [-0.15, -0.1) is 5.10 Å². The first-order chi connectivity index (χ1) is 6.81. The van der Waals surface area contributed by atoms with E-state index in [1.165, 1.54) is 11.5 Å². The van der Waals surface area contributed by atoms with Gasteiger partial charge in [0.1, 0.15) is 5.69 Å². The maximum atomic E-state index is 5.79. The van der Waals surface area contributed by atoms with Crippen molar-refractivity contribution in [3.8, 4) is 11.3 Å². The van der Waals surface area contributed by atoms with Gasteiger partial charge in [0.25, 0.3) is 0 Å². The Morgan fingerprint density at radius 3 is 2.64 bits per heavy atom. The van der Waals surface area contributed by atoms with E-state index in [1.807, 2.05) is 24.3 Å². The summed E-state index contributed by atoms with van der Waals surface area (Å²) in [6, 6.07) is 7.49. The number of nitrogens with zero attached hydrogens (tertiary/aromatic N) is 2. The highest BCUT2D eigenvalue weighted by molar-refractivity contribution is 7.05. The van der Waals surface area contributed by atoms with E-state index in [4.69, 9.17) is 17.3 Å². The molecule has 2 aromatic rings. The third-order valence-electron chi connectivity index (χ3n) is 1.86. The van der Waals surface area contributed by atoms with Crippen molar-refractivity contribution >= 4 is 23.1 Å². The fourth-order valence-corrected chi connectivity index (χ4v) is 1.84. The molecule has 1 heterocycles. The largest absolute Gasteiger partial charge is 0.326 e. The first kappa shape index (κ1) is 9.58. The Kier molecular flexibility index (Phi) is 2.77. The summed E-state index contributed by atoms with van der Waals surface area (Å²) in [7, 11) is 0. The number of hydrogen-bond acceptors (Lipinski definition) is 4. The molecule has 2 N–H and O–H groups in total. The molecule has 3 nitrogen and oxygen atoms in total. The molecule has 1 aromatic heterocycles. The van der Waals surface area contributed by atoms with E-state index in [2.05, 4.69) is 9.59 Å². The summed E-state index contributed by atoms with van der Waals surface area (Å²) >= 11 is 7.12. The quantitative estimate of drug-likeness (QED) is 0.854. The van der Waals surface area contributed by atoms with Crippen molar-refractivity contribution in [2.24, 2.45) is 5.73 Å². The molecule has 1 aromatic carbocycles. The molecule has 0 aliphatic heterocycles. The van der Waals surface area contributed by atoms with E-state index in [1.54, 1.807) is 0 Å². The molecule has 0 radical (unpaired) electrons. The van der Waals surface area contributed by atoms with Crippen LogP contribution in [0.25, 0.3) is 11.3 Å². The first-order valence-electron chi connectivity index (χ1n) is 4.08. The molecular formula is C9H8ClN3S. The minimum absolute atomic E-state index is 0.468. The smallest absolute Gasteiger partial charge is 0.110 e. The molecule has 72 valence electrons. The van der Waals surface area contributed by atoms with E-state index in [0.717, 1.165) is 16.1 Å². The molecule has 0 spiro atoms. The van der Waals surface area contributed by atoms with Crippen molar-refractivity contribution in [3.63, 3.8) is 0 Å². The van der Waals surface area contributed by atoms with Crippen LogP contribution in [0.1, 0.15) is 4.88 Å². The van der Waals surface area contributed by atoms with Crippen molar-refractivity contribution in [2.75, 3.05) is 0 Å². The van der Waals surface area contributed by atoms with E-state index in [0.29, 0.717) is 11.6 Å². The van der Waals surface area contributed by atoms with Crippen LogP contribution in [-0.4, -0.2) is 9.59 Å². The third-order valence-corrected chi connectivity index (χ3v) is 2.85. The normalized spacial score (nSPS) is 10.4. The van der Waals surface area contributed by atoms with Crippen LogP contribution in [0.5, 0.6) is 0 Å². The fourth-order valence-electron chi connectivity index (χ4n) is 1.17. The second-order valence-corrected chi connectivity index (χ2v) is 4.03. The molecule has 0 aliphatic carbocycles. The predicted octanol–water partition coefficient (Wildman–Crippen LogP) is 2.32. The van der Waals surface area contributed by atoms with Crippen molar-refractivity contribution in [2.45, 2.75) is 6.54 Å². The number of aromatic nitrogens is 2. The van der Waals surface area contributed by atoms with Gasteiger partial charge in [0.2, 0.25) is 0 Å². The molecule has 0 fully saturated rings. The highest BCUT2D eigenvalue weighted by atomic mass is 35.5. The van der Waals surface area contributed by atoms with Crippen LogP contribution in [0.4, 0.5) is 0 Å². The van der Waals surface area contributed by atoms with Crippen LogP contribution in [0.15, 0.2) is 24.3 Å². The Bertz CT molecular complexity index is 424. The third kappa shape index (κ3) is 1.77. The number of hydrogen-bond donors (Lipinski definition) is 1. The topological polar surface area (TPSA) is 51.8 Å². The monoisotopic (exact) mass is 225 g/mol. The van der Waals surface area contributed by atoms with Gasteiger partial charge < -0.3 is 5.73 Å². The standard InChI is InChI=1S/C9H8ClN3S/c10-7-3-1-6(2-4-7)9-8(5-11)14-13-12-9/h1-4H,5,11H2. The van der Waals surface area contributed by atoms with Gasteiger partial charge in [-0.1, -0.05) is 28.2 Å². The number of benzene rings is 1. The molecule has 0 atom stereocenters. The van der Waals surface area contributed by atoms with Crippen LogP contribution >= 0.6 is 23.1 Å². The van der Waals surface area contributed by atoms with Gasteiger partial charge in [0.05, 0.1) is 4.88 Å². The van der Waals surface area contributed by atoms with Crippen LogP contribution < -0.4 is 5.73 Å². The highest BCUT2D eigenvalue weighted by Crippen LogP contribution is 2.24. The van der Waals surface area contributed by atoms with Gasteiger partial charge in [-0.05, 0) is 23.7 Å². The van der Waals surface area contributed by atoms with Gasteiger partial charge in [-0.2, -0.15) is 0 Å². The lowest BCUT2D eigenvalue weighted by Crippen LogP contribution is -1.95. The van der Waals surface area contributed by atoms with Crippen LogP contribution in [0.3, 0.4) is 0 Å². The fraction of sp³-hybridized carbons (Fsp3) is 0.111. The minimum Gasteiger partial charge on any atom is -0.326 e. The number of nitrogens with two attached hydrogens (primary N) is 1. The van der Waals surface area contributed by atoms with Gasteiger partial charge in [0, 0.05) is 17.1 Å². The Balaban J connectivity index is 2.44. The highest BCUT2D eigenvalue weighted by Gasteiger charge is 2.07. The molecule has 0 bridgehead atoms. The second kappa shape index (κ2) is 4.04. The van der Waals surface area contributed by atoms with Crippen LogP contribution in [-0.2, 0) is 6.54 Å². The summed E-state index contributed by atoms with van der Waals surface area (Å²) in [6.07, 6.45) is 0. The van der Waals surface area contributed by atoms with Gasteiger partial charge >= 0.3 is 0 Å². The Hall–Kier alpha value is -0.970. The zero-order valence-electron chi connectivity index (χ0n) is 7.27. The molecule has 5 heteroatoms. The van der Waals surface area contributed by atoms with Crippen molar-refractivity contribution in [1.29, 1.82) is 0 Å². The zero-order chi connectivity index (χ0) is 9.97. The van der Waals surface area contributed by atoms with E-state index in [-0.39, 0.29) is 0 Å². The summed E-state index contributed by atoms with van der Waals surface area (Å²) in [6.45, 7) is 0.468. The Morgan fingerprint density at radius 1 is 1.29 bits per heavy atom. The van der Waals surface area contributed by atoms with E-state index < -0.39 is 0 Å². The number of halogens is 1. The Labute approximate surface area is 90.7 Å². The average Bonchev–Trinajstić information content (AvgIpc) is 2.67. The predicted molar refractivity (Wildman–Crippen MR) is 58.2 cm³/mol. The molecule has 0 saturated heterocycles. The first-order valence-corrected chi connectivity index (χ1v) is 5.23. The molecule has 0 saturated carbocycles. The van der Waals surface area contributed by atoms with Crippen molar-refractivity contribution in [1.82, 2.24) is 9.59 Å². The number of rotatable bonds is 2. The summed E-state index contributed by atoms with van der Waals surface area (Å²) < 4.78 is 3.87. The Morgan fingerprint density at radius 2 is 2.00 bits per heavy atom. The maximum Gasteiger partial charge on any atom is 0.110 e. The summed E-state index contributed by atoms with van der Waals surface area (Å²) in [5.74, 6) is 0. The van der Waals surface area contributed by atoms with E-state index in [9.17, 15) is 0 Å². The SMILES string of the molecule is NCc1snnc1-c1ccc(Cl)cc1. The summed E-state index contributed by atoms with van der Waals surface area (Å²) in [5.41, 5.74) is 7.43. The molecule has 0 amide bonds. The molecule has 0 aliphatic rings. The average molecular weight is 226 g/mol. The molecular weight excluding hydrogens is 218 g/mol. The summed E-state index contributed by atoms with van der Waals surface area (Å²) in [4.78, 5) is 0.993. The van der Waals surface area contributed by atoms with Gasteiger partial charge in [-0.3, -0.25) is 0 Å². The minimum atomic E-state index is 0.468. The van der Waals surface area contributed by atoms with E-state index >= 15 is 0 Å². The molecule has 14 heavy (non-hydrogen) atoms. The maximum absolute atomic E-state index is 5.79. The lowest BCUT2D eigenvalue weighted by molar-refractivity contribution is 1.08. The lowest BCUT2D eigenvalue weighted by atomic mass is 10.1. The van der Waals surface area contributed by atoms with Crippen LogP contribution in [0.2, 0.25) is 5.02 Å². The van der Waals surface area contributed by atoms with Gasteiger partial charge in [-0.25, -0.2) is 0 Å². The summed E-state index contributed by atoms with van der Waals surface area (Å²) in [5, 5.41) is 4.75. The van der Waals surface area contributed by atoms with Crippen molar-refractivity contribution < 1.29 is 0 Å².